The molecule has 1 saturated heterocycles. The van der Waals surface area contributed by atoms with Gasteiger partial charge in [-0.25, -0.2) is 0 Å². The Kier molecular flexibility index (Phi) is 4.68. The maximum Gasteiger partial charge on any atom is 0.245 e. The van der Waals surface area contributed by atoms with Gasteiger partial charge in [0.1, 0.15) is 6.04 Å². The minimum atomic E-state index is -0.433. The van der Waals surface area contributed by atoms with Crippen molar-refractivity contribution < 1.29 is 14.3 Å². The number of hydrogen-bond acceptors (Lipinski definition) is 4. The molecule has 2 amide bonds. The van der Waals surface area contributed by atoms with Crippen LogP contribution in [-0.4, -0.2) is 55.1 Å². The van der Waals surface area contributed by atoms with E-state index >= 15 is 0 Å². The number of carbonyl (C=O) groups is 2. The van der Waals surface area contributed by atoms with Gasteiger partial charge < -0.3 is 20.7 Å². The van der Waals surface area contributed by atoms with Gasteiger partial charge in [0.2, 0.25) is 11.8 Å². The van der Waals surface area contributed by atoms with Crippen LogP contribution in [0.1, 0.15) is 32.6 Å². The molecule has 1 heterocycles. The van der Waals surface area contributed by atoms with Crippen molar-refractivity contribution in [1.29, 1.82) is 0 Å². The van der Waals surface area contributed by atoms with Crippen molar-refractivity contribution in [1.82, 2.24) is 10.2 Å². The zero-order valence-electron chi connectivity index (χ0n) is 13.3. The van der Waals surface area contributed by atoms with E-state index in [2.05, 4.69) is 5.32 Å². The molecule has 5 atom stereocenters. The number of amides is 2. The molecule has 3 N–H and O–H groups in total. The molecule has 3 aliphatic rings. The van der Waals surface area contributed by atoms with Crippen molar-refractivity contribution in [2.24, 2.45) is 23.5 Å². The van der Waals surface area contributed by atoms with Crippen LogP contribution in [0.2, 0.25) is 0 Å². The highest BCUT2D eigenvalue weighted by molar-refractivity contribution is 5.89. The van der Waals surface area contributed by atoms with Crippen LogP contribution in [0, 0.1) is 17.8 Å². The fourth-order valence-electron chi connectivity index (χ4n) is 4.34. The van der Waals surface area contributed by atoms with E-state index in [4.69, 9.17) is 10.5 Å². The van der Waals surface area contributed by atoms with Gasteiger partial charge in [0.25, 0.3) is 0 Å². The van der Waals surface area contributed by atoms with Crippen LogP contribution in [0.15, 0.2) is 0 Å². The highest BCUT2D eigenvalue weighted by Gasteiger charge is 2.49. The van der Waals surface area contributed by atoms with Gasteiger partial charge in [0.15, 0.2) is 0 Å². The number of carbonyl (C=O) groups excluding carboxylic acids is 2. The first-order valence-corrected chi connectivity index (χ1v) is 8.54. The summed E-state index contributed by atoms with van der Waals surface area (Å²) < 4.78 is 5.28. The lowest BCUT2D eigenvalue weighted by atomic mass is 9.84. The fraction of sp³-hybridized carbons (Fsp3) is 0.875. The van der Waals surface area contributed by atoms with Gasteiger partial charge in [-0.05, 0) is 37.5 Å². The van der Waals surface area contributed by atoms with E-state index in [-0.39, 0.29) is 23.8 Å². The van der Waals surface area contributed by atoms with Gasteiger partial charge in [-0.1, -0.05) is 6.92 Å². The molecule has 6 heteroatoms. The lowest BCUT2D eigenvalue weighted by Gasteiger charge is -2.32. The number of ether oxygens (including phenoxy) is 1. The summed E-state index contributed by atoms with van der Waals surface area (Å²) in [5, 5.41) is 2.97. The first-order chi connectivity index (χ1) is 10.6. The van der Waals surface area contributed by atoms with Crippen LogP contribution in [0.25, 0.3) is 0 Å². The summed E-state index contributed by atoms with van der Waals surface area (Å²) in [6, 6.07) is -0.466. The monoisotopic (exact) mass is 309 g/mol. The van der Waals surface area contributed by atoms with Crippen molar-refractivity contribution in [3.63, 3.8) is 0 Å². The van der Waals surface area contributed by atoms with E-state index in [9.17, 15) is 9.59 Å². The molecule has 6 nitrogen and oxygen atoms in total. The number of nitrogens with two attached hydrogens (primary N) is 1. The van der Waals surface area contributed by atoms with Gasteiger partial charge in [0, 0.05) is 19.1 Å². The first-order valence-electron chi connectivity index (χ1n) is 8.54. The van der Waals surface area contributed by atoms with Crippen LogP contribution >= 0.6 is 0 Å². The van der Waals surface area contributed by atoms with Crippen molar-refractivity contribution in [2.75, 3.05) is 26.3 Å². The highest BCUT2D eigenvalue weighted by Crippen LogP contribution is 2.47. The number of nitrogens with zero attached hydrogens (tertiary/aromatic N) is 1. The largest absolute Gasteiger partial charge is 0.378 e. The standard InChI is InChI=1S/C16H27N3O3/c1-2-12(16(21)19-5-7-22-8-6-19)18-15(20)13-10-3-4-11(9-10)14(13)17/h10-14H,2-9,17H2,1H3,(H,18,20). The SMILES string of the molecule is CCC(NC(=O)C1C2CCC(C2)C1N)C(=O)N1CCOCC1. The molecule has 0 aromatic rings. The van der Waals surface area contributed by atoms with Gasteiger partial charge in [-0.2, -0.15) is 0 Å². The molecule has 3 fully saturated rings. The Morgan fingerprint density at radius 2 is 1.95 bits per heavy atom. The lowest BCUT2D eigenvalue weighted by molar-refractivity contribution is -0.141. The number of hydrogen-bond donors (Lipinski definition) is 2. The number of rotatable bonds is 4. The smallest absolute Gasteiger partial charge is 0.245 e. The molecule has 2 saturated carbocycles. The molecule has 22 heavy (non-hydrogen) atoms. The van der Waals surface area contributed by atoms with E-state index in [0.29, 0.717) is 44.6 Å². The summed E-state index contributed by atoms with van der Waals surface area (Å²) in [7, 11) is 0. The normalized spacial score (nSPS) is 35.5. The zero-order valence-corrected chi connectivity index (χ0v) is 13.3. The number of fused-ring (bicyclic) bond motifs is 2. The molecular formula is C16H27N3O3. The Morgan fingerprint density at radius 1 is 1.27 bits per heavy atom. The van der Waals surface area contributed by atoms with Crippen LogP contribution in [0.3, 0.4) is 0 Å². The second-order valence-corrected chi connectivity index (χ2v) is 6.84. The third kappa shape index (κ3) is 2.86. The molecule has 124 valence electrons. The topological polar surface area (TPSA) is 84.7 Å². The quantitative estimate of drug-likeness (QED) is 0.772. The molecule has 3 rings (SSSR count). The van der Waals surface area contributed by atoms with Gasteiger partial charge >= 0.3 is 0 Å². The number of nitrogens with one attached hydrogen (secondary N) is 1. The maximum absolute atomic E-state index is 12.6. The average molecular weight is 309 g/mol. The predicted octanol–water partition coefficient (Wildman–Crippen LogP) is 0.113. The van der Waals surface area contributed by atoms with E-state index in [1.807, 2.05) is 6.92 Å². The molecule has 0 aromatic heterocycles. The summed E-state index contributed by atoms with van der Waals surface area (Å²) in [5.41, 5.74) is 6.23. The fourth-order valence-corrected chi connectivity index (χ4v) is 4.34. The van der Waals surface area contributed by atoms with Gasteiger partial charge in [-0.15, -0.1) is 0 Å². The maximum atomic E-state index is 12.6. The molecular weight excluding hydrogens is 282 g/mol. The lowest BCUT2D eigenvalue weighted by Crippen LogP contribution is -2.54. The second-order valence-electron chi connectivity index (χ2n) is 6.84. The Bertz CT molecular complexity index is 434. The van der Waals surface area contributed by atoms with E-state index in [0.717, 1.165) is 19.3 Å². The first kappa shape index (κ1) is 15.7. The Morgan fingerprint density at radius 3 is 2.55 bits per heavy atom. The minimum absolute atomic E-state index is 0.0101. The van der Waals surface area contributed by atoms with Crippen molar-refractivity contribution >= 4 is 11.8 Å². The van der Waals surface area contributed by atoms with Gasteiger partial charge in [-0.3, -0.25) is 9.59 Å². The molecule has 0 spiro atoms. The summed E-state index contributed by atoms with van der Waals surface area (Å²) in [4.78, 5) is 27.0. The minimum Gasteiger partial charge on any atom is -0.378 e. The molecule has 0 aromatic carbocycles. The van der Waals surface area contributed by atoms with Crippen molar-refractivity contribution in [3.05, 3.63) is 0 Å². The molecule has 0 radical (unpaired) electrons. The highest BCUT2D eigenvalue weighted by atomic mass is 16.5. The van der Waals surface area contributed by atoms with E-state index in [1.165, 1.54) is 0 Å². The summed E-state index contributed by atoms with van der Waals surface area (Å²) in [6.45, 7) is 4.31. The Labute approximate surface area is 131 Å². The van der Waals surface area contributed by atoms with Crippen LogP contribution in [0.5, 0.6) is 0 Å². The van der Waals surface area contributed by atoms with Crippen molar-refractivity contribution in [3.8, 4) is 0 Å². The Hall–Kier alpha value is -1.14. The molecule has 5 unspecified atom stereocenters. The molecule has 2 bridgehead atoms. The van der Waals surface area contributed by atoms with Crippen LogP contribution < -0.4 is 11.1 Å². The summed E-state index contributed by atoms with van der Waals surface area (Å²) in [6.07, 6.45) is 3.94. The van der Waals surface area contributed by atoms with E-state index in [1.54, 1.807) is 4.90 Å². The van der Waals surface area contributed by atoms with Crippen LogP contribution in [0.4, 0.5) is 0 Å². The third-order valence-corrected chi connectivity index (χ3v) is 5.63. The van der Waals surface area contributed by atoms with Crippen molar-refractivity contribution in [2.45, 2.75) is 44.7 Å². The predicted molar refractivity (Wildman–Crippen MR) is 81.9 cm³/mol. The average Bonchev–Trinajstić information content (AvgIpc) is 3.13. The molecule has 1 aliphatic heterocycles. The number of morpholine rings is 1. The van der Waals surface area contributed by atoms with Crippen LogP contribution in [-0.2, 0) is 14.3 Å². The van der Waals surface area contributed by atoms with Gasteiger partial charge in [0.05, 0.1) is 19.1 Å². The zero-order chi connectivity index (χ0) is 15.7. The second kappa shape index (κ2) is 6.54. The Balaban J connectivity index is 1.60. The molecule has 2 aliphatic carbocycles. The third-order valence-electron chi connectivity index (χ3n) is 5.63. The van der Waals surface area contributed by atoms with E-state index < -0.39 is 6.04 Å². The summed E-state index contributed by atoms with van der Waals surface area (Å²) in [5.74, 6) is 0.793. The summed E-state index contributed by atoms with van der Waals surface area (Å²) >= 11 is 0.